The third kappa shape index (κ3) is 4.95. The third-order valence-corrected chi connectivity index (χ3v) is 3.26. The van der Waals surface area contributed by atoms with E-state index in [0.29, 0.717) is 6.42 Å². The van der Waals surface area contributed by atoms with E-state index in [1.165, 1.54) is 0 Å². The van der Waals surface area contributed by atoms with Gasteiger partial charge in [0.2, 0.25) is 5.91 Å². The molecule has 3 heteroatoms. The fourth-order valence-electron chi connectivity index (χ4n) is 1.92. The van der Waals surface area contributed by atoms with E-state index in [1.54, 1.807) is 0 Å². The van der Waals surface area contributed by atoms with E-state index in [9.17, 15) is 4.79 Å². The molecule has 2 aromatic rings. The Morgan fingerprint density at radius 1 is 1.10 bits per heavy atom. The van der Waals surface area contributed by atoms with Crippen LogP contribution >= 0.6 is 0 Å². The lowest BCUT2D eigenvalue weighted by Crippen LogP contribution is -2.14. The van der Waals surface area contributed by atoms with E-state index in [4.69, 9.17) is 4.74 Å². The molecule has 0 saturated carbocycles. The average molecular weight is 283 g/mol. The molecule has 2 aromatic carbocycles. The minimum Gasteiger partial charge on any atom is -0.491 e. The molecule has 0 fully saturated rings. The van der Waals surface area contributed by atoms with Crippen molar-refractivity contribution in [3.05, 3.63) is 60.2 Å². The molecule has 0 aromatic heterocycles. The van der Waals surface area contributed by atoms with Crippen LogP contribution in [0.4, 0.5) is 5.69 Å². The Morgan fingerprint density at radius 3 is 2.38 bits per heavy atom. The summed E-state index contributed by atoms with van der Waals surface area (Å²) in [5.41, 5.74) is 1.79. The molecule has 0 aliphatic heterocycles. The Labute approximate surface area is 126 Å². The molecule has 1 amide bonds. The molecule has 0 heterocycles. The van der Waals surface area contributed by atoms with E-state index in [0.717, 1.165) is 23.4 Å². The summed E-state index contributed by atoms with van der Waals surface area (Å²) in [6.45, 7) is 4.12. The van der Waals surface area contributed by atoms with Gasteiger partial charge in [-0.2, -0.15) is 0 Å². The number of carbonyl (C=O) groups excluding carboxylic acids is 1. The van der Waals surface area contributed by atoms with Crippen molar-refractivity contribution in [2.24, 2.45) is 0 Å². The Hall–Kier alpha value is -2.29. The highest BCUT2D eigenvalue weighted by Gasteiger charge is 2.05. The zero-order valence-electron chi connectivity index (χ0n) is 12.5. The number of nitrogens with one attached hydrogen (secondary N) is 1. The maximum atomic E-state index is 11.9. The van der Waals surface area contributed by atoms with Crippen molar-refractivity contribution >= 4 is 11.6 Å². The Morgan fingerprint density at radius 2 is 1.76 bits per heavy atom. The number of anilines is 1. The molecule has 0 spiro atoms. The van der Waals surface area contributed by atoms with Gasteiger partial charge in [0.15, 0.2) is 0 Å². The second kappa shape index (κ2) is 7.48. The van der Waals surface area contributed by atoms with Crippen molar-refractivity contribution in [3.63, 3.8) is 0 Å². The predicted molar refractivity (Wildman–Crippen MR) is 85.6 cm³/mol. The van der Waals surface area contributed by atoms with Crippen LogP contribution in [0.25, 0.3) is 0 Å². The van der Waals surface area contributed by atoms with E-state index in [-0.39, 0.29) is 12.0 Å². The number of rotatable bonds is 6. The van der Waals surface area contributed by atoms with Crippen molar-refractivity contribution in [3.8, 4) is 5.75 Å². The Kier molecular flexibility index (Phi) is 5.38. The van der Waals surface area contributed by atoms with Crippen LogP contribution in [0.3, 0.4) is 0 Å². The summed E-state index contributed by atoms with van der Waals surface area (Å²) in [5.74, 6) is 0.808. The normalized spacial score (nSPS) is 11.7. The molecule has 0 radical (unpaired) electrons. The van der Waals surface area contributed by atoms with E-state index < -0.39 is 0 Å². The fraction of sp³-hybridized carbons (Fsp3) is 0.278. The summed E-state index contributed by atoms with van der Waals surface area (Å²) in [6, 6.07) is 17.2. The van der Waals surface area contributed by atoms with Gasteiger partial charge in [-0.15, -0.1) is 0 Å². The molecule has 21 heavy (non-hydrogen) atoms. The molecule has 0 saturated heterocycles. The second-order valence-corrected chi connectivity index (χ2v) is 5.07. The number of amides is 1. The lowest BCUT2D eigenvalue weighted by atomic mass is 10.1. The van der Waals surface area contributed by atoms with Crippen LogP contribution in [0.1, 0.15) is 25.8 Å². The SMILES string of the molecule is CCC(C)Oc1ccc(NC(=O)Cc2ccccc2)cc1. The van der Waals surface area contributed by atoms with Gasteiger partial charge in [-0.05, 0) is 43.2 Å². The number of hydrogen-bond acceptors (Lipinski definition) is 2. The molecule has 1 N–H and O–H groups in total. The van der Waals surface area contributed by atoms with Gasteiger partial charge in [0.05, 0.1) is 12.5 Å². The van der Waals surface area contributed by atoms with Gasteiger partial charge >= 0.3 is 0 Å². The number of benzene rings is 2. The summed E-state index contributed by atoms with van der Waals surface area (Å²) in [5, 5.41) is 2.89. The summed E-state index contributed by atoms with van der Waals surface area (Å²) in [4.78, 5) is 11.9. The predicted octanol–water partition coefficient (Wildman–Crippen LogP) is 4.05. The minimum atomic E-state index is -0.0169. The van der Waals surface area contributed by atoms with Crippen molar-refractivity contribution in [2.75, 3.05) is 5.32 Å². The summed E-state index contributed by atoms with van der Waals surface area (Å²) < 4.78 is 5.71. The smallest absolute Gasteiger partial charge is 0.228 e. The molecule has 0 aliphatic rings. The molecule has 0 aliphatic carbocycles. The first-order valence-electron chi connectivity index (χ1n) is 7.28. The maximum Gasteiger partial charge on any atom is 0.228 e. The highest BCUT2D eigenvalue weighted by atomic mass is 16.5. The summed E-state index contributed by atoms with van der Waals surface area (Å²) in [6.07, 6.45) is 1.55. The maximum absolute atomic E-state index is 11.9. The lowest BCUT2D eigenvalue weighted by Gasteiger charge is -2.13. The average Bonchev–Trinajstić information content (AvgIpc) is 2.50. The molecule has 110 valence electrons. The molecule has 1 atom stereocenters. The summed E-state index contributed by atoms with van der Waals surface area (Å²) in [7, 11) is 0. The first kappa shape index (κ1) is 15.1. The fourth-order valence-corrected chi connectivity index (χ4v) is 1.92. The van der Waals surface area contributed by atoms with Crippen molar-refractivity contribution in [1.29, 1.82) is 0 Å². The zero-order valence-corrected chi connectivity index (χ0v) is 12.5. The Balaban J connectivity index is 1.89. The standard InChI is InChI=1S/C18H21NO2/c1-3-14(2)21-17-11-9-16(10-12-17)19-18(20)13-15-7-5-4-6-8-15/h4-12,14H,3,13H2,1-2H3,(H,19,20). The number of ether oxygens (including phenoxy) is 1. The van der Waals surface area contributed by atoms with Crippen LogP contribution in [0.15, 0.2) is 54.6 Å². The van der Waals surface area contributed by atoms with Crippen LogP contribution in [-0.2, 0) is 11.2 Å². The minimum absolute atomic E-state index is 0.0169. The van der Waals surface area contributed by atoms with Crippen LogP contribution in [0.5, 0.6) is 5.75 Å². The molecular weight excluding hydrogens is 262 g/mol. The molecular formula is C18H21NO2. The van der Waals surface area contributed by atoms with Gasteiger partial charge in [-0.1, -0.05) is 37.3 Å². The molecule has 3 nitrogen and oxygen atoms in total. The van der Waals surface area contributed by atoms with Crippen molar-refractivity contribution < 1.29 is 9.53 Å². The van der Waals surface area contributed by atoms with Gasteiger partial charge in [-0.25, -0.2) is 0 Å². The Bertz CT molecular complexity index is 564. The van der Waals surface area contributed by atoms with Crippen LogP contribution in [0.2, 0.25) is 0 Å². The molecule has 2 rings (SSSR count). The van der Waals surface area contributed by atoms with Crippen LogP contribution in [-0.4, -0.2) is 12.0 Å². The molecule has 1 unspecified atom stereocenters. The lowest BCUT2D eigenvalue weighted by molar-refractivity contribution is -0.115. The first-order chi connectivity index (χ1) is 10.2. The van der Waals surface area contributed by atoms with Gasteiger partial charge in [0, 0.05) is 5.69 Å². The van der Waals surface area contributed by atoms with E-state index >= 15 is 0 Å². The largest absolute Gasteiger partial charge is 0.491 e. The number of hydrogen-bond donors (Lipinski definition) is 1. The van der Waals surface area contributed by atoms with Gasteiger partial charge in [0.25, 0.3) is 0 Å². The van der Waals surface area contributed by atoms with E-state index in [2.05, 4.69) is 12.2 Å². The van der Waals surface area contributed by atoms with Crippen molar-refractivity contribution in [1.82, 2.24) is 0 Å². The quantitative estimate of drug-likeness (QED) is 0.868. The van der Waals surface area contributed by atoms with E-state index in [1.807, 2.05) is 61.5 Å². The highest BCUT2D eigenvalue weighted by Crippen LogP contribution is 2.17. The first-order valence-corrected chi connectivity index (χ1v) is 7.28. The second-order valence-electron chi connectivity index (χ2n) is 5.07. The molecule has 0 bridgehead atoms. The summed E-state index contributed by atoms with van der Waals surface area (Å²) >= 11 is 0. The van der Waals surface area contributed by atoms with Gasteiger partial charge in [0.1, 0.15) is 5.75 Å². The van der Waals surface area contributed by atoms with Crippen LogP contribution in [0, 0.1) is 0 Å². The van der Waals surface area contributed by atoms with Gasteiger partial charge in [-0.3, -0.25) is 4.79 Å². The zero-order chi connectivity index (χ0) is 15.1. The topological polar surface area (TPSA) is 38.3 Å². The van der Waals surface area contributed by atoms with Crippen LogP contribution < -0.4 is 10.1 Å². The van der Waals surface area contributed by atoms with Crippen molar-refractivity contribution in [2.45, 2.75) is 32.8 Å². The van der Waals surface area contributed by atoms with Gasteiger partial charge < -0.3 is 10.1 Å². The monoisotopic (exact) mass is 283 g/mol. The third-order valence-electron chi connectivity index (χ3n) is 3.26. The number of carbonyl (C=O) groups is 1. The highest BCUT2D eigenvalue weighted by molar-refractivity contribution is 5.92.